The van der Waals surface area contributed by atoms with E-state index in [0.29, 0.717) is 44.6 Å². The highest BCUT2D eigenvalue weighted by molar-refractivity contribution is 7.89. The number of benzene rings is 1. The van der Waals surface area contributed by atoms with E-state index in [9.17, 15) is 13.2 Å². The Hall–Kier alpha value is -1.40. The van der Waals surface area contributed by atoms with E-state index in [-0.39, 0.29) is 11.7 Å². The van der Waals surface area contributed by atoms with Gasteiger partial charge in [0.1, 0.15) is 0 Å². The lowest BCUT2D eigenvalue weighted by atomic mass is 10.1. The van der Waals surface area contributed by atoms with E-state index >= 15 is 0 Å². The second kappa shape index (κ2) is 9.34. The molecule has 1 amide bonds. The lowest BCUT2D eigenvalue weighted by Crippen LogP contribution is -2.38. The molecular formula is C19H30N2O3S. The first-order valence-corrected chi connectivity index (χ1v) is 10.9. The maximum Gasteiger partial charge on any atom is 0.253 e. The van der Waals surface area contributed by atoms with Gasteiger partial charge < -0.3 is 4.90 Å². The lowest BCUT2D eigenvalue weighted by molar-refractivity contribution is 0.0764. The molecule has 25 heavy (non-hydrogen) atoms. The van der Waals surface area contributed by atoms with Crippen LogP contribution in [0.5, 0.6) is 0 Å². The fraction of sp³-hybridized carbons (Fsp3) is 0.632. The van der Waals surface area contributed by atoms with Crippen molar-refractivity contribution in [2.24, 2.45) is 0 Å². The summed E-state index contributed by atoms with van der Waals surface area (Å²) in [6, 6.07) is 7.84. The van der Waals surface area contributed by atoms with Gasteiger partial charge in [-0.15, -0.1) is 0 Å². The summed E-state index contributed by atoms with van der Waals surface area (Å²) < 4.78 is 26.0. The van der Waals surface area contributed by atoms with Gasteiger partial charge >= 0.3 is 0 Å². The Kier molecular flexibility index (Phi) is 7.44. The lowest BCUT2D eigenvalue weighted by Gasteiger charge is -2.22. The maximum absolute atomic E-state index is 12.7. The maximum atomic E-state index is 12.7. The Bertz CT molecular complexity index is 656. The molecule has 6 heteroatoms. The molecule has 140 valence electrons. The van der Waals surface area contributed by atoms with Gasteiger partial charge in [-0.2, -0.15) is 0 Å². The van der Waals surface area contributed by atoms with Gasteiger partial charge in [0.05, 0.1) is 5.75 Å². The molecule has 1 aromatic rings. The molecule has 0 bridgehead atoms. The van der Waals surface area contributed by atoms with Gasteiger partial charge in [0.2, 0.25) is 10.0 Å². The van der Waals surface area contributed by atoms with Crippen molar-refractivity contribution in [1.29, 1.82) is 0 Å². The van der Waals surface area contributed by atoms with Gasteiger partial charge in [-0.1, -0.05) is 32.4 Å². The highest BCUT2D eigenvalue weighted by Gasteiger charge is 2.26. The molecule has 1 saturated heterocycles. The molecule has 5 nitrogen and oxygen atoms in total. The largest absolute Gasteiger partial charge is 0.337 e. The Morgan fingerprint density at radius 2 is 1.72 bits per heavy atom. The second-order valence-electron chi connectivity index (χ2n) is 6.66. The van der Waals surface area contributed by atoms with Crippen LogP contribution in [0.15, 0.2) is 24.3 Å². The third kappa shape index (κ3) is 5.54. The number of hydrogen-bond donors (Lipinski definition) is 0. The molecule has 0 aliphatic carbocycles. The van der Waals surface area contributed by atoms with E-state index in [4.69, 9.17) is 0 Å². The van der Waals surface area contributed by atoms with Gasteiger partial charge in [0.15, 0.2) is 0 Å². The fourth-order valence-electron chi connectivity index (χ4n) is 3.14. The van der Waals surface area contributed by atoms with Crippen LogP contribution in [0.25, 0.3) is 0 Å². The number of unbranched alkanes of at least 4 members (excludes halogenated alkanes) is 1. The molecule has 0 atom stereocenters. The quantitative estimate of drug-likeness (QED) is 0.745. The molecular weight excluding hydrogens is 336 g/mol. The van der Waals surface area contributed by atoms with E-state index in [1.807, 2.05) is 31.2 Å². The monoisotopic (exact) mass is 366 g/mol. The van der Waals surface area contributed by atoms with Gasteiger partial charge in [0.25, 0.3) is 5.91 Å². The number of hydrogen-bond acceptors (Lipinski definition) is 3. The topological polar surface area (TPSA) is 57.7 Å². The summed E-state index contributed by atoms with van der Waals surface area (Å²) in [6.45, 7) is 6.00. The average Bonchev–Trinajstić information content (AvgIpc) is 2.86. The van der Waals surface area contributed by atoms with Crippen LogP contribution in [-0.2, 0) is 16.4 Å². The van der Waals surface area contributed by atoms with E-state index in [2.05, 4.69) is 6.92 Å². The van der Waals surface area contributed by atoms with E-state index < -0.39 is 10.0 Å². The summed E-state index contributed by atoms with van der Waals surface area (Å²) in [6.07, 6.45) is 4.65. The zero-order valence-corrected chi connectivity index (χ0v) is 16.2. The van der Waals surface area contributed by atoms with Crippen LogP contribution in [0.3, 0.4) is 0 Å². The number of aryl methyl sites for hydroxylation is 1. The first-order chi connectivity index (χ1) is 12.0. The van der Waals surface area contributed by atoms with Crippen LogP contribution in [0, 0.1) is 0 Å². The van der Waals surface area contributed by atoms with E-state index in [1.54, 1.807) is 4.90 Å². The predicted molar refractivity (Wildman–Crippen MR) is 101 cm³/mol. The van der Waals surface area contributed by atoms with E-state index in [1.165, 1.54) is 9.87 Å². The zero-order chi connectivity index (χ0) is 18.3. The van der Waals surface area contributed by atoms with Crippen molar-refractivity contribution in [3.8, 4) is 0 Å². The molecule has 1 aromatic carbocycles. The second-order valence-corrected chi connectivity index (χ2v) is 8.75. The summed E-state index contributed by atoms with van der Waals surface area (Å²) in [5.41, 5.74) is 1.94. The minimum atomic E-state index is -3.19. The van der Waals surface area contributed by atoms with Gasteiger partial charge in [0, 0.05) is 31.7 Å². The number of amides is 1. The molecule has 1 aliphatic rings. The summed E-state index contributed by atoms with van der Waals surface area (Å²) in [4.78, 5) is 14.5. The number of carbonyl (C=O) groups is 1. The van der Waals surface area contributed by atoms with Crippen LogP contribution < -0.4 is 0 Å². The molecule has 1 fully saturated rings. The first kappa shape index (κ1) is 19.9. The molecule has 0 radical (unpaired) electrons. The smallest absolute Gasteiger partial charge is 0.253 e. The molecule has 0 unspecified atom stereocenters. The van der Waals surface area contributed by atoms with Crippen LogP contribution in [0.2, 0.25) is 0 Å². The minimum Gasteiger partial charge on any atom is -0.337 e. The van der Waals surface area contributed by atoms with Crippen LogP contribution in [0.4, 0.5) is 0 Å². The Balaban J connectivity index is 1.98. The predicted octanol–water partition coefficient (Wildman–Crippen LogP) is 2.92. The molecule has 1 aliphatic heterocycles. The van der Waals surface area contributed by atoms with Gasteiger partial charge in [-0.05, 0) is 43.4 Å². The van der Waals surface area contributed by atoms with Crippen molar-refractivity contribution in [2.75, 3.05) is 31.9 Å². The molecule has 1 heterocycles. The fourth-order valence-corrected chi connectivity index (χ4v) is 4.68. The summed E-state index contributed by atoms with van der Waals surface area (Å²) in [5.74, 6) is 0.178. The Morgan fingerprint density at radius 1 is 1.00 bits per heavy atom. The highest BCUT2D eigenvalue weighted by Crippen LogP contribution is 2.14. The highest BCUT2D eigenvalue weighted by atomic mass is 32.2. The summed E-state index contributed by atoms with van der Waals surface area (Å²) in [5, 5.41) is 0. The standard InChI is InChI=1S/C19H30N2O3S/c1-3-5-7-17-8-10-18(11-9-17)19(22)20-12-6-13-21(15-14-20)25(23,24)16-4-2/h8-11H,3-7,12-16H2,1-2H3. The molecule has 0 aromatic heterocycles. The number of rotatable bonds is 7. The van der Waals surface area contributed by atoms with Crippen molar-refractivity contribution in [3.63, 3.8) is 0 Å². The average molecular weight is 367 g/mol. The molecule has 2 rings (SSSR count). The summed E-state index contributed by atoms with van der Waals surface area (Å²) >= 11 is 0. The Labute approximate surface area is 152 Å². The van der Waals surface area contributed by atoms with Gasteiger partial charge in [-0.3, -0.25) is 4.79 Å². The van der Waals surface area contributed by atoms with Crippen LogP contribution >= 0.6 is 0 Å². The first-order valence-electron chi connectivity index (χ1n) is 9.34. The number of nitrogens with zero attached hydrogens (tertiary/aromatic N) is 2. The number of carbonyl (C=O) groups excluding carboxylic acids is 1. The Morgan fingerprint density at radius 3 is 2.36 bits per heavy atom. The minimum absolute atomic E-state index is 0.00298. The molecule has 0 saturated carbocycles. The van der Waals surface area contributed by atoms with Crippen molar-refractivity contribution in [2.45, 2.75) is 46.0 Å². The summed E-state index contributed by atoms with van der Waals surface area (Å²) in [7, 11) is -3.19. The normalized spacial score (nSPS) is 16.6. The van der Waals surface area contributed by atoms with Gasteiger partial charge in [-0.25, -0.2) is 12.7 Å². The SMILES string of the molecule is CCCCc1ccc(C(=O)N2CCCN(S(=O)(=O)CCC)CC2)cc1. The van der Waals surface area contributed by atoms with E-state index in [0.717, 1.165) is 19.3 Å². The van der Waals surface area contributed by atoms with Crippen molar-refractivity contribution in [1.82, 2.24) is 9.21 Å². The van der Waals surface area contributed by atoms with Crippen molar-refractivity contribution in [3.05, 3.63) is 35.4 Å². The third-order valence-electron chi connectivity index (χ3n) is 4.62. The van der Waals surface area contributed by atoms with Crippen molar-refractivity contribution >= 4 is 15.9 Å². The number of sulfonamides is 1. The third-order valence-corrected chi connectivity index (χ3v) is 6.69. The molecule has 0 N–H and O–H groups in total. The van der Waals surface area contributed by atoms with Crippen LogP contribution in [0.1, 0.15) is 55.5 Å². The molecule has 0 spiro atoms. The van der Waals surface area contributed by atoms with Crippen LogP contribution in [-0.4, -0.2) is 55.5 Å². The van der Waals surface area contributed by atoms with Crippen molar-refractivity contribution < 1.29 is 13.2 Å². The zero-order valence-electron chi connectivity index (χ0n) is 15.4.